The summed E-state index contributed by atoms with van der Waals surface area (Å²) in [6.45, 7) is 1.80. The molecule has 2 unspecified atom stereocenters. The molecule has 0 spiro atoms. The van der Waals surface area contributed by atoms with Gasteiger partial charge in [0.2, 0.25) is 0 Å². The van der Waals surface area contributed by atoms with Gasteiger partial charge in [-0.1, -0.05) is 44.4 Å². The van der Waals surface area contributed by atoms with Crippen LogP contribution in [0.5, 0.6) is 0 Å². The number of halogens is 3. The van der Waals surface area contributed by atoms with Crippen molar-refractivity contribution in [2.24, 2.45) is 13.0 Å². The number of aryl methyl sites for hydroxylation is 1. The molecule has 0 saturated heterocycles. The number of hydrogen-bond donors (Lipinski definition) is 0. The average Bonchev–Trinajstić information content (AvgIpc) is 3.16. The van der Waals surface area contributed by atoms with E-state index in [2.05, 4.69) is 6.92 Å². The van der Waals surface area contributed by atoms with Crippen LogP contribution in [0.1, 0.15) is 66.6 Å². The summed E-state index contributed by atoms with van der Waals surface area (Å²) in [7, 11) is 2.70. The molecule has 0 radical (unpaired) electrons. The largest absolute Gasteiger partial charge is 0.417 e. The lowest BCUT2D eigenvalue weighted by molar-refractivity contribution is -0.137. The van der Waals surface area contributed by atoms with E-state index in [-0.39, 0.29) is 18.2 Å². The summed E-state index contributed by atoms with van der Waals surface area (Å²) < 4.78 is 45.7. The van der Waals surface area contributed by atoms with Crippen LogP contribution in [0, 0.1) is 5.92 Å². The minimum atomic E-state index is -4.59. The number of carbonyl (C=O) groups is 2. The lowest BCUT2D eigenvalue weighted by Crippen LogP contribution is -2.41. The first-order valence-electron chi connectivity index (χ1n) is 10.9. The lowest BCUT2D eigenvalue weighted by atomic mass is 9.76. The highest BCUT2D eigenvalue weighted by Crippen LogP contribution is 2.41. The van der Waals surface area contributed by atoms with Gasteiger partial charge in [0.15, 0.2) is 0 Å². The Morgan fingerprint density at radius 3 is 2.56 bits per heavy atom. The van der Waals surface area contributed by atoms with Crippen molar-refractivity contribution in [1.82, 2.24) is 4.57 Å². The Kier molecular flexibility index (Phi) is 7.44. The van der Waals surface area contributed by atoms with Crippen molar-refractivity contribution < 1.29 is 27.5 Å². The molecule has 1 aromatic heterocycles. The predicted octanol–water partition coefficient (Wildman–Crippen LogP) is 5.55. The van der Waals surface area contributed by atoms with Gasteiger partial charge in [0.25, 0.3) is 11.8 Å². The Morgan fingerprint density at radius 2 is 1.94 bits per heavy atom. The van der Waals surface area contributed by atoms with Gasteiger partial charge in [0, 0.05) is 20.4 Å². The van der Waals surface area contributed by atoms with Gasteiger partial charge in [-0.2, -0.15) is 13.2 Å². The number of rotatable bonds is 6. The minimum absolute atomic E-state index is 0.176. The maximum atomic E-state index is 13.4. The summed E-state index contributed by atoms with van der Waals surface area (Å²) in [6.07, 6.45) is 1.44. The van der Waals surface area contributed by atoms with Crippen LogP contribution in [-0.2, 0) is 22.8 Å². The first-order valence-corrected chi connectivity index (χ1v) is 10.9. The summed E-state index contributed by atoms with van der Waals surface area (Å²) >= 11 is 0. The van der Waals surface area contributed by atoms with Gasteiger partial charge in [0.05, 0.1) is 11.3 Å². The van der Waals surface area contributed by atoms with Crippen LogP contribution in [0.3, 0.4) is 0 Å². The predicted molar refractivity (Wildman–Crippen MR) is 116 cm³/mol. The Balaban J connectivity index is 2.05. The number of benzene rings is 1. The van der Waals surface area contributed by atoms with Crippen molar-refractivity contribution in [3.8, 4) is 0 Å². The number of ether oxygens (including phenoxy) is 1. The third-order valence-electron chi connectivity index (χ3n) is 6.25. The van der Waals surface area contributed by atoms with Crippen LogP contribution in [0.2, 0.25) is 0 Å². The average molecular weight is 451 g/mol. The van der Waals surface area contributed by atoms with Crippen LogP contribution in [0.25, 0.3) is 0 Å². The molecule has 1 aromatic carbocycles. The Bertz CT molecular complexity index is 968. The normalized spacial score (nSPS) is 19.1. The number of carbonyl (C=O) groups excluding carboxylic acids is 2. The van der Waals surface area contributed by atoms with E-state index in [1.165, 1.54) is 14.2 Å². The van der Waals surface area contributed by atoms with E-state index in [9.17, 15) is 22.8 Å². The van der Waals surface area contributed by atoms with E-state index in [4.69, 9.17) is 4.74 Å². The van der Waals surface area contributed by atoms with Crippen LogP contribution in [0.15, 0.2) is 36.5 Å². The zero-order chi connectivity index (χ0) is 23.5. The summed E-state index contributed by atoms with van der Waals surface area (Å²) in [6, 6.07) is 7.97. The molecule has 1 heterocycles. The SMILES string of the molecule is CCC1CCCC(c2ccccc2N(C(=O)COC)C(=O)c2cc(C(F)(F)F)cn2C)C1. The fraction of sp³-hybridized carbons (Fsp3) is 0.500. The van der Waals surface area contributed by atoms with Crippen molar-refractivity contribution >= 4 is 17.5 Å². The Labute approximate surface area is 186 Å². The molecule has 3 rings (SSSR count). The van der Waals surface area contributed by atoms with Crippen LogP contribution < -0.4 is 4.90 Å². The van der Waals surface area contributed by atoms with Crippen molar-refractivity contribution in [2.75, 3.05) is 18.6 Å². The zero-order valence-electron chi connectivity index (χ0n) is 18.6. The number of aromatic nitrogens is 1. The van der Waals surface area contributed by atoms with Crippen molar-refractivity contribution in [3.05, 3.63) is 53.3 Å². The zero-order valence-corrected chi connectivity index (χ0v) is 18.6. The molecule has 2 aromatic rings. The molecule has 8 heteroatoms. The highest BCUT2D eigenvalue weighted by atomic mass is 19.4. The molecule has 32 heavy (non-hydrogen) atoms. The van der Waals surface area contributed by atoms with Gasteiger partial charge >= 0.3 is 6.18 Å². The molecule has 1 saturated carbocycles. The molecule has 1 fully saturated rings. The molecular weight excluding hydrogens is 421 g/mol. The van der Waals surface area contributed by atoms with Gasteiger partial charge in [-0.3, -0.25) is 9.59 Å². The fourth-order valence-electron chi connectivity index (χ4n) is 4.57. The van der Waals surface area contributed by atoms with E-state index in [1.807, 2.05) is 12.1 Å². The van der Waals surface area contributed by atoms with Gasteiger partial charge in [-0.25, -0.2) is 4.90 Å². The third-order valence-corrected chi connectivity index (χ3v) is 6.25. The van der Waals surface area contributed by atoms with E-state index in [0.29, 0.717) is 11.6 Å². The van der Waals surface area contributed by atoms with Crippen LogP contribution >= 0.6 is 0 Å². The maximum Gasteiger partial charge on any atom is 0.417 e. The van der Waals surface area contributed by atoms with Crippen molar-refractivity contribution in [3.63, 3.8) is 0 Å². The highest BCUT2D eigenvalue weighted by molar-refractivity contribution is 6.21. The van der Waals surface area contributed by atoms with Gasteiger partial charge in [-0.15, -0.1) is 0 Å². The summed E-state index contributed by atoms with van der Waals surface area (Å²) in [5.41, 5.74) is 0.130. The molecule has 0 bridgehead atoms. The molecule has 1 aliphatic rings. The topological polar surface area (TPSA) is 51.5 Å². The molecule has 2 atom stereocenters. The molecular formula is C24H29F3N2O3. The second-order valence-corrected chi connectivity index (χ2v) is 8.39. The smallest absolute Gasteiger partial charge is 0.375 e. The number of nitrogens with zero attached hydrogens (tertiary/aromatic N) is 2. The van der Waals surface area contributed by atoms with E-state index < -0.39 is 23.6 Å². The number of para-hydroxylation sites is 1. The first-order chi connectivity index (χ1) is 15.2. The highest BCUT2D eigenvalue weighted by Gasteiger charge is 2.36. The summed E-state index contributed by atoms with van der Waals surface area (Å²) in [4.78, 5) is 27.4. The fourth-order valence-corrected chi connectivity index (χ4v) is 4.57. The van der Waals surface area contributed by atoms with E-state index >= 15 is 0 Å². The monoisotopic (exact) mass is 450 g/mol. The van der Waals surface area contributed by atoms with Crippen LogP contribution in [0.4, 0.5) is 18.9 Å². The molecule has 174 valence electrons. The lowest BCUT2D eigenvalue weighted by Gasteiger charge is -2.32. The standard InChI is InChI=1S/C24H29F3N2O3/c1-4-16-8-7-9-17(12-16)19-10-5-6-11-20(19)29(22(30)15-32-3)23(31)21-13-18(14-28(21)2)24(25,26)27/h5-6,10-11,13-14,16-17H,4,7-9,12,15H2,1-3H3. The van der Waals surface area contributed by atoms with Gasteiger partial charge in [0.1, 0.15) is 12.3 Å². The second kappa shape index (κ2) is 9.90. The Morgan fingerprint density at radius 1 is 1.22 bits per heavy atom. The summed E-state index contributed by atoms with van der Waals surface area (Å²) in [5.74, 6) is -0.680. The van der Waals surface area contributed by atoms with Gasteiger partial charge < -0.3 is 9.30 Å². The second-order valence-electron chi connectivity index (χ2n) is 8.39. The molecule has 0 N–H and O–H groups in total. The Hall–Kier alpha value is -2.61. The minimum Gasteiger partial charge on any atom is -0.375 e. The quantitative estimate of drug-likeness (QED) is 0.580. The first kappa shape index (κ1) is 24.0. The molecule has 1 aliphatic carbocycles. The van der Waals surface area contributed by atoms with Crippen LogP contribution in [-0.4, -0.2) is 30.1 Å². The molecule has 0 aliphatic heterocycles. The van der Waals surface area contributed by atoms with Crippen molar-refractivity contribution in [1.29, 1.82) is 0 Å². The van der Waals surface area contributed by atoms with E-state index in [1.54, 1.807) is 12.1 Å². The van der Waals surface area contributed by atoms with Crippen molar-refractivity contribution in [2.45, 2.75) is 51.1 Å². The van der Waals surface area contributed by atoms with E-state index in [0.717, 1.165) is 59.4 Å². The number of alkyl halides is 3. The third kappa shape index (κ3) is 5.06. The number of imide groups is 1. The molecule has 2 amide bonds. The van der Waals surface area contributed by atoms with Gasteiger partial charge in [-0.05, 0) is 42.4 Å². The summed E-state index contributed by atoms with van der Waals surface area (Å²) in [5, 5.41) is 0. The number of anilines is 1. The number of hydrogen-bond acceptors (Lipinski definition) is 3. The number of methoxy groups -OCH3 is 1. The maximum absolute atomic E-state index is 13.4. The molecule has 5 nitrogen and oxygen atoms in total. The number of amides is 2.